The Morgan fingerprint density at radius 1 is 1.26 bits per heavy atom. The zero-order chi connectivity index (χ0) is 19.2. The first-order chi connectivity index (χ1) is 13.1. The molecule has 27 heavy (non-hydrogen) atoms. The largest absolute Gasteiger partial charge is 0.488 e. The molecule has 0 unspecified atom stereocenters. The van der Waals surface area contributed by atoms with E-state index in [9.17, 15) is 10.1 Å². The summed E-state index contributed by atoms with van der Waals surface area (Å²) in [7, 11) is 0. The average Bonchev–Trinajstić information content (AvgIpc) is 3.12. The third kappa shape index (κ3) is 4.59. The first-order valence-corrected chi connectivity index (χ1v) is 8.60. The second-order valence-electron chi connectivity index (χ2n) is 6.31. The normalized spacial score (nSPS) is 12.6. The van der Waals surface area contributed by atoms with Crippen molar-refractivity contribution in [2.24, 2.45) is 0 Å². The number of hydrogen-bond donors (Lipinski definition) is 1. The van der Waals surface area contributed by atoms with Crippen molar-refractivity contribution < 1.29 is 19.0 Å². The van der Waals surface area contributed by atoms with Crippen molar-refractivity contribution in [3.63, 3.8) is 0 Å². The molecule has 1 heterocycles. The highest BCUT2D eigenvalue weighted by molar-refractivity contribution is 6.02. The maximum Gasteiger partial charge on any atom is 0.262 e. The lowest BCUT2D eigenvalue weighted by Crippen LogP contribution is -2.30. The lowest BCUT2D eigenvalue weighted by molar-refractivity contribution is -0.117. The summed E-state index contributed by atoms with van der Waals surface area (Å²) in [4.78, 5) is 12.1. The zero-order valence-electron chi connectivity index (χ0n) is 15.2. The van der Waals surface area contributed by atoms with Crippen molar-refractivity contribution in [1.29, 1.82) is 5.26 Å². The molecule has 0 fully saturated rings. The van der Waals surface area contributed by atoms with Crippen LogP contribution in [0, 0.1) is 11.3 Å². The van der Waals surface area contributed by atoms with Crippen LogP contribution in [0.5, 0.6) is 17.2 Å². The zero-order valence-corrected chi connectivity index (χ0v) is 15.2. The molecule has 0 saturated carbocycles. The number of para-hydroxylation sites is 1. The molecular weight excluding hydrogens is 344 g/mol. The van der Waals surface area contributed by atoms with Gasteiger partial charge in [-0.1, -0.05) is 24.3 Å². The maximum absolute atomic E-state index is 12.1. The number of fused-ring (bicyclic) bond motifs is 1. The molecule has 1 N–H and O–H groups in total. The highest BCUT2D eigenvalue weighted by atomic mass is 16.7. The summed E-state index contributed by atoms with van der Waals surface area (Å²) in [5.41, 5.74) is 1.62. The van der Waals surface area contributed by atoms with Gasteiger partial charge >= 0.3 is 0 Å². The van der Waals surface area contributed by atoms with Crippen molar-refractivity contribution in [2.45, 2.75) is 26.5 Å². The molecule has 0 spiro atoms. The summed E-state index contributed by atoms with van der Waals surface area (Å²) >= 11 is 0. The number of nitrogens with one attached hydrogen (secondary N) is 1. The highest BCUT2D eigenvalue weighted by Crippen LogP contribution is 2.33. The smallest absolute Gasteiger partial charge is 0.262 e. The number of hydrogen-bond acceptors (Lipinski definition) is 5. The van der Waals surface area contributed by atoms with E-state index in [1.165, 1.54) is 6.08 Å². The summed E-state index contributed by atoms with van der Waals surface area (Å²) in [5.74, 6) is 1.59. The van der Waals surface area contributed by atoms with E-state index in [1.54, 1.807) is 12.1 Å². The fourth-order valence-corrected chi connectivity index (χ4v) is 2.57. The molecule has 0 aliphatic carbocycles. The van der Waals surface area contributed by atoms with Crippen molar-refractivity contribution >= 4 is 12.0 Å². The van der Waals surface area contributed by atoms with Gasteiger partial charge in [-0.25, -0.2) is 0 Å². The average molecular weight is 364 g/mol. The summed E-state index contributed by atoms with van der Waals surface area (Å²) in [6.07, 6.45) is 1.53. The number of rotatable bonds is 6. The number of carbonyl (C=O) groups excluding carboxylic acids is 1. The van der Waals surface area contributed by atoms with Crippen molar-refractivity contribution in [3.05, 3.63) is 59.2 Å². The Hall–Kier alpha value is -3.46. The van der Waals surface area contributed by atoms with Gasteiger partial charge in [-0.15, -0.1) is 0 Å². The van der Waals surface area contributed by atoms with E-state index in [4.69, 9.17) is 14.2 Å². The molecule has 0 saturated heterocycles. The summed E-state index contributed by atoms with van der Waals surface area (Å²) < 4.78 is 16.6. The molecule has 0 aromatic heterocycles. The SMILES string of the molecule is CC(C)NC(=O)/C(C#N)=C\c1ccccc1OCc1ccc2c(c1)OCO2. The van der Waals surface area contributed by atoms with E-state index in [1.807, 2.05) is 50.2 Å². The fraction of sp³-hybridized carbons (Fsp3) is 0.238. The minimum absolute atomic E-state index is 0.0304. The second-order valence-corrected chi connectivity index (χ2v) is 6.31. The molecule has 0 atom stereocenters. The molecule has 0 radical (unpaired) electrons. The third-order valence-electron chi connectivity index (χ3n) is 3.84. The van der Waals surface area contributed by atoms with E-state index >= 15 is 0 Å². The first-order valence-electron chi connectivity index (χ1n) is 8.60. The maximum atomic E-state index is 12.1. The number of benzene rings is 2. The van der Waals surface area contributed by atoms with E-state index in [0.29, 0.717) is 23.7 Å². The minimum Gasteiger partial charge on any atom is -0.488 e. The minimum atomic E-state index is -0.405. The summed E-state index contributed by atoms with van der Waals surface area (Å²) in [6, 6.07) is 14.8. The predicted molar refractivity (Wildman–Crippen MR) is 100 cm³/mol. The Kier molecular flexibility index (Phi) is 5.62. The van der Waals surface area contributed by atoms with E-state index in [2.05, 4.69) is 5.32 Å². The van der Waals surface area contributed by atoms with Gasteiger partial charge < -0.3 is 19.5 Å². The van der Waals surface area contributed by atoms with Crippen LogP contribution in [0.15, 0.2) is 48.0 Å². The molecule has 3 rings (SSSR count). The van der Waals surface area contributed by atoms with Crippen LogP contribution in [0.4, 0.5) is 0 Å². The highest BCUT2D eigenvalue weighted by Gasteiger charge is 2.14. The first kappa shape index (κ1) is 18.3. The fourth-order valence-electron chi connectivity index (χ4n) is 2.57. The van der Waals surface area contributed by atoms with Gasteiger partial charge in [0, 0.05) is 11.6 Å². The van der Waals surface area contributed by atoms with Gasteiger partial charge in [0.15, 0.2) is 11.5 Å². The molecule has 1 aliphatic rings. The van der Waals surface area contributed by atoms with Crippen LogP contribution >= 0.6 is 0 Å². The molecule has 6 nitrogen and oxygen atoms in total. The van der Waals surface area contributed by atoms with Gasteiger partial charge in [0.25, 0.3) is 5.91 Å². The van der Waals surface area contributed by atoms with Crippen LogP contribution in [-0.4, -0.2) is 18.7 Å². The summed E-state index contributed by atoms with van der Waals surface area (Å²) in [5, 5.41) is 12.0. The van der Waals surface area contributed by atoms with Gasteiger partial charge in [0.2, 0.25) is 6.79 Å². The van der Waals surface area contributed by atoms with Crippen LogP contribution in [-0.2, 0) is 11.4 Å². The third-order valence-corrected chi connectivity index (χ3v) is 3.84. The Bertz CT molecular complexity index is 913. The van der Waals surface area contributed by atoms with Crippen molar-refractivity contribution in [1.82, 2.24) is 5.32 Å². The van der Waals surface area contributed by atoms with Gasteiger partial charge in [-0.2, -0.15) is 5.26 Å². The second kappa shape index (κ2) is 8.28. The van der Waals surface area contributed by atoms with Crippen molar-refractivity contribution in [3.8, 4) is 23.3 Å². The van der Waals surface area contributed by atoms with E-state index < -0.39 is 5.91 Å². The number of ether oxygens (including phenoxy) is 3. The van der Waals surface area contributed by atoms with Gasteiger partial charge in [-0.3, -0.25) is 4.79 Å². The van der Waals surface area contributed by atoms with Crippen LogP contribution in [0.1, 0.15) is 25.0 Å². The predicted octanol–water partition coefficient (Wildman–Crippen LogP) is 3.43. The molecule has 1 amide bonds. The lowest BCUT2D eigenvalue weighted by atomic mass is 10.1. The number of nitriles is 1. The molecule has 1 aliphatic heterocycles. The van der Waals surface area contributed by atoms with E-state index in [-0.39, 0.29) is 18.4 Å². The number of nitrogens with zero attached hydrogens (tertiary/aromatic N) is 1. The van der Waals surface area contributed by atoms with Crippen LogP contribution in [0.25, 0.3) is 6.08 Å². The Balaban J connectivity index is 1.76. The molecule has 138 valence electrons. The van der Waals surface area contributed by atoms with E-state index in [0.717, 1.165) is 11.3 Å². The Morgan fingerprint density at radius 3 is 2.81 bits per heavy atom. The van der Waals surface area contributed by atoms with Gasteiger partial charge in [-0.05, 0) is 43.7 Å². The lowest BCUT2D eigenvalue weighted by Gasteiger charge is -2.11. The van der Waals surface area contributed by atoms with Gasteiger partial charge in [0.05, 0.1) is 0 Å². The van der Waals surface area contributed by atoms with Crippen LogP contribution in [0.3, 0.4) is 0 Å². The Labute approximate surface area is 158 Å². The molecular formula is C21H20N2O4. The monoisotopic (exact) mass is 364 g/mol. The topological polar surface area (TPSA) is 80.6 Å². The molecule has 0 bridgehead atoms. The van der Waals surface area contributed by atoms with Crippen LogP contribution in [0.2, 0.25) is 0 Å². The van der Waals surface area contributed by atoms with Crippen LogP contribution < -0.4 is 19.5 Å². The molecule has 2 aromatic rings. The summed E-state index contributed by atoms with van der Waals surface area (Å²) in [6.45, 7) is 4.23. The number of amides is 1. The number of carbonyl (C=O) groups is 1. The van der Waals surface area contributed by atoms with Gasteiger partial charge in [0.1, 0.15) is 24.0 Å². The van der Waals surface area contributed by atoms with Crippen molar-refractivity contribution in [2.75, 3.05) is 6.79 Å². The molecule has 2 aromatic carbocycles. The molecule has 6 heteroatoms. The standard InChI is InChI=1S/C21H20N2O4/c1-14(2)23-21(24)17(11-22)10-16-5-3-4-6-18(16)25-12-15-7-8-19-20(9-15)27-13-26-19/h3-10,14H,12-13H2,1-2H3,(H,23,24)/b17-10-. The Morgan fingerprint density at radius 2 is 2.04 bits per heavy atom. The quantitative estimate of drug-likeness (QED) is 0.627.